The predicted octanol–water partition coefficient (Wildman–Crippen LogP) is 4.20. The molecule has 1 atom stereocenters. The molecule has 3 aromatic heterocycles. The van der Waals surface area contributed by atoms with Gasteiger partial charge in [-0.15, -0.1) is 22.7 Å². The van der Waals surface area contributed by atoms with Crippen molar-refractivity contribution in [3.63, 3.8) is 0 Å². The predicted molar refractivity (Wildman–Crippen MR) is 93.8 cm³/mol. The van der Waals surface area contributed by atoms with Crippen LogP contribution in [0.5, 0.6) is 0 Å². The molecular weight excluding hydrogens is 326 g/mol. The third-order valence-electron chi connectivity index (χ3n) is 3.60. The zero-order valence-electron chi connectivity index (χ0n) is 12.3. The van der Waals surface area contributed by atoms with Crippen LogP contribution in [0, 0.1) is 6.92 Å². The lowest BCUT2D eigenvalue weighted by atomic mass is 10.0. The van der Waals surface area contributed by atoms with E-state index in [4.69, 9.17) is 0 Å². The van der Waals surface area contributed by atoms with Gasteiger partial charge in [-0.25, -0.2) is 15.0 Å². The van der Waals surface area contributed by atoms with E-state index in [1.54, 1.807) is 23.9 Å². The van der Waals surface area contributed by atoms with Crippen LogP contribution in [0.2, 0.25) is 0 Å². The highest BCUT2D eigenvalue weighted by molar-refractivity contribution is 7.19. The minimum absolute atomic E-state index is 0.696. The number of thiophene rings is 1. The van der Waals surface area contributed by atoms with Crippen molar-refractivity contribution in [2.45, 2.75) is 13.0 Å². The quantitative estimate of drug-likeness (QED) is 0.607. The molecule has 0 saturated heterocycles. The number of benzene rings is 1. The molecule has 0 radical (unpaired) electrons. The van der Waals surface area contributed by atoms with Crippen molar-refractivity contribution < 1.29 is 5.11 Å². The molecule has 23 heavy (non-hydrogen) atoms. The monoisotopic (exact) mass is 339 g/mol. The number of aromatic nitrogens is 3. The summed E-state index contributed by atoms with van der Waals surface area (Å²) in [6, 6.07) is 9.90. The van der Waals surface area contributed by atoms with Gasteiger partial charge < -0.3 is 5.11 Å². The van der Waals surface area contributed by atoms with E-state index in [1.165, 1.54) is 16.2 Å². The Hall–Kier alpha value is -2.15. The van der Waals surface area contributed by atoms with Gasteiger partial charge >= 0.3 is 0 Å². The summed E-state index contributed by atoms with van der Waals surface area (Å²) in [7, 11) is 0. The Morgan fingerprint density at radius 1 is 1.13 bits per heavy atom. The van der Waals surface area contributed by atoms with Crippen molar-refractivity contribution in [1.82, 2.24) is 15.0 Å². The fourth-order valence-corrected chi connectivity index (χ4v) is 4.17. The van der Waals surface area contributed by atoms with Gasteiger partial charge in [0.15, 0.2) is 0 Å². The van der Waals surface area contributed by atoms with Gasteiger partial charge in [-0.1, -0.05) is 18.2 Å². The molecule has 0 aliphatic carbocycles. The summed E-state index contributed by atoms with van der Waals surface area (Å²) < 4.78 is 1.07. The molecule has 1 aromatic carbocycles. The van der Waals surface area contributed by atoms with Crippen molar-refractivity contribution in [3.05, 3.63) is 63.7 Å². The van der Waals surface area contributed by atoms with E-state index in [9.17, 15) is 5.11 Å². The Labute approximate surface area is 141 Å². The number of fused-ring (bicyclic) bond motifs is 1. The van der Waals surface area contributed by atoms with Crippen molar-refractivity contribution >= 4 is 32.9 Å². The van der Waals surface area contributed by atoms with Crippen molar-refractivity contribution in [2.75, 3.05) is 0 Å². The van der Waals surface area contributed by atoms with E-state index in [-0.39, 0.29) is 0 Å². The lowest BCUT2D eigenvalue weighted by Crippen LogP contribution is -1.99. The van der Waals surface area contributed by atoms with Crippen molar-refractivity contribution in [3.8, 4) is 11.3 Å². The second kappa shape index (κ2) is 5.81. The van der Waals surface area contributed by atoms with Gasteiger partial charge in [0.25, 0.3) is 0 Å². The Balaban J connectivity index is 1.81. The highest BCUT2D eigenvalue weighted by atomic mass is 32.1. The van der Waals surface area contributed by atoms with Crippen LogP contribution < -0.4 is 0 Å². The Morgan fingerprint density at radius 3 is 2.87 bits per heavy atom. The van der Waals surface area contributed by atoms with Gasteiger partial charge in [-0.2, -0.15) is 0 Å². The van der Waals surface area contributed by atoms with E-state index in [2.05, 4.69) is 27.9 Å². The van der Waals surface area contributed by atoms with E-state index < -0.39 is 6.10 Å². The summed E-state index contributed by atoms with van der Waals surface area (Å²) in [4.78, 5) is 14.2. The lowest BCUT2D eigenvalue weighted by molar-refractivity contribution is 0.220. The SMILES string of the molecule is Cc1cc2ncnc(-c3cccc(C(O)c4nccs4)c3)c2s1. The Kier molecular flexibility index (Phi) is 3.65. The first kappa shape index (κ1) is 14.4. The van der Waals surface area contributed by atoms with Crippen LogP contribution in [-0.2, 0) is 0 Å². The summed E-state index contributed by atoms with van der Waals surface area (Å²) in [6.07, 6.45) is 2.58. The maximum Gasteiger partial charge on any atom is 0.131 e. The van der Waals surface area contributed by atoms with E-state index >= 15 is 0 Å². The lowest BCUT2D eigenvalue weighted by Gasteiger charge is -2.10. The Bertz CT molecular complexity index is 963. The van der Waals surface area contributed by atoms with E-state index in [0.717, 1.165) is 27.0 Å². The largest absolute Gasteiger partial charge is 0.381 e. The molecule has 0 aliphatic rings. The van der Waals surface area contributed by atoms with Crippen LogP contribution >= 0.6 is 22.7 Å². The number of hydrogen-bond acceptors (Lipinski definition) is 6. The third-order valence-corrected chi connectivity index (χ3v) is 5.47. The minimum atomic E-state index is -0.711. The standard InChI is InChI=1S/C17H13N3OS2/c1-10-7-13-16(23-10)14(20-9-19-13)11-3-2-4-12(8-11)15(21)17-18-5-6-22-17/h2-9,15,21H,1H3. The molecule has 0 aliphatic heterocycles. The van der Waals surface area contributed by atoms with Gasteiger partial charge in [-0.05, 0) is 24.6 Å². The molecular formula is C17H13N3OS2. The average Bonchev–Trinajstić information content (AvgIpc) is 3.22. The molecule has 3 heterocycles. The van der Waals surface area contributed by atoms with Crippen molar-refractivity contribution in [1.29, 1.82) is 0 Å². The van der Waals surface area contributed by atoms with Crippen LogP contribution in [0.15, 0.2) is 48.2 Å². The van der Waals surface area contributed by atoms with E-state index in [0.29, 0.717) is 5.01 Å². The normalized spacial score (nSPS) is 12.6. The van der Waals surface area contributed by atoms with Crippen molar-refractivity contribution in [2.24, 2.45) is 0 Å². The molecule has 0 bridgehead atoms. The molecule has 1 unspecified atom stereocenters. The van der Waals surface area contributed by atoms with Gasteiger partial charge in [0.05, 0.1) is 15.9 Å². The molecule has 4 aromatic rings. The first-order valence-corrected chi connectivity index (χ1v) is 8.81. The van der Waals surface area contributed by atoms with Gasteiger partial charge in [0.1, 0.15) is 17.4 Å². The fourth-order valence-electron chi connectivity index (χ4n) is 2.55. The number of hydrogen-bond donors (Lipinski definition) is 1. The first-order chi connectivity index (χ1) is 11.2. The number of rotatable bonds is 3. The van der Waals surface area contributed by atoms with Crippen LogP contribution in [-0.4, -0.2) is 20.1 Å². The maximum atomic E-state index is 10.5. The maximum absolute atomic E-state index is 10.5. The molecule has 4 nitrogen and oxygen atoms in total. The molecule has 0 fully saturated rings. The number of aliphatic hydroxyl groups is 1. The minimum Gasteiger partial charge on any atom is -0.381 e. The summed E-state index contributed by atoms with van der Waals surface area (Å²) in [5.41, 5.74) is 3.66. The van der Waals surface area contributed by atoms with Crippen LogP contribution in [0.3, 0.4) is 0 Å². The molecule has 114 valence electrons. The summed E-state index contributed by atoms with van der Waals surface area (Å²) in [5, 5.41) is 13.0. The van der Waals surface area contributed by atoms with E-state index in [1.807, 2.05) is 29.6 Å². The number of aliphatic hydroxyl groups excluding tert-OH is 1. The molecule has 1 N–H and O–H groups in total. The zero-order valence-corrected chi connectivity index (χ0v) is 13.9. The second-order valence-electron chi connectivity index (χ2n) is 5.19. The average molecular weight is 339 g/mol. The van der Waals surface area contributed by atoms with Crippen LogP contribution in [0.25, 0.3) is 21.5 Å². The van der Waals surface area contributed by atoms with Crippen LogP contribution in [0.1, 0.15) is 21.6 Å². The second-order valence-corrected chi connectivity index (χ2v) is 7.37. The highest BCUT2D eigenvalue weighted by Crippen LogP contribution is 2.33. The molecule has 0 amide bonds. The van der Waals surface area contributed by atoms with Gasteiger partial charge in [-0.3, -0.25) is 0 Å². The molecule has 0 saturated carbocycles. The number of aryl methyl sites for hydroxylation is 1. The fraction of sp³-hybridized carbons (Fsp3) is 0.118. The molecule has 0 spiro atoms. The molecule has 4 rings (SSSR count). The van der Waals surface area contributed by atoms with Gasteiger partial charge in [0.2, 0.25) is 0 Å². The number of nitrogens with zero attached hydrogens (tertiary/aromatic N) is 3. The first-order valence-electron chi connectivity index (χ1n) is 7.11. The summed E-state index contributed by atoms with van der Waals surface area (Å²) >= 11 is 3.14. The Morgan fingerprint density at radius 2 is 2.04 bits per heavy atom. The summed E-state index contributed by atoms with van der Waals surface area (Å²) in [5.74, 6) is 0. The number of thiazole rings is 1. The van der Waals surface area contributed by atoms with Gasteiger partial charge in [0, 0.05) is 22.0 Å². The summed E-state index contributed by atoms with van der Waals surface area (Å²) in [6.45, 7) is 2.07. The smallest absolute Gasteiger partial charge is 0.131 e. The molecule has 6 heteroatoms. The zero-order chi connectivity index (χ0) is 15.8. The third kappa shape index (κ3) is 2.65. The highest BCUT2D eigenvalue weighted by Gasteiger charge is 2.15. The topological polar surface area (TPSA) is 58.9 Å². The van der Waals surface area contributed by atoms with Crippen LogP contribution in [0.4, 0.5) is 0 Å².